The van der Waals surface area contributed by atoms with E-state index in [0.717, 1.165) is 16.6 Å². The van der Waals surface area contributed by atoms with Crippen LogP contribution in [0.3, 0.4) is 0 Å². The second-order valence-corrected chi connectivity index (χ2v) is 6.03. The summed E-state index contributed by atoms with van der Waals surface area (Å²) < 4.78 is 1.00. The molecule has 2 aromatic rings. The summed E-state index contributed by atoms with van der Waals surface area (Å²) in [5.41, 5.74) is 3.39. The zero-order valence-electron chi connectivity index (χ0n) is 11.9. The summed E-state index contributed by atoms with van der Waals surface area (Å²) in [6, 6.07) is 16.3. The Labute approximate surface area is 129 Å². The van der Waals surface area contributed by atoms with Crippen molar-refractivity contribution in [1.82, 2.24) is 0 Å². The number of nitrogens with zero attached hydrogens (tertiary/aromatic N) is 1. The third kappa shape index (κ3) is 4.09. The maximum absolute atomic E-state index is 10.2. The van der Waals surface area contributed by atoms with Crippen LogP contribution in [0, 0.1) is 6.92 Å². The zero-order chi connectivity index (χ0) is 14.5. The summed E-state index contributed by atoms with van der Waals surface area (Å²) >= 11 is 3.43. The van der Waals surface area contributed by atoms with Gasteiger partial charge in [-0.15, -0.1) is 0 Å². The molecule has 0 spiro atoms. The minimum Gasteiger partial charge on any atom is -0.388 e. The standard InChI is InChI=1S/C17H20BrNO/c1-13-6-8-16(9-7-13)19(2)11-10-17(20)14-4-3-5-15(18)12-14/h3-9,12,17,20H,10-11H2,1-2H3. The summed E-state index contributed by atoms with van der Waals surface area (Å²) in [4.78, 5) is 2.17. The quantitative estimate of drug-likeness (QED) is 0.880. The lowest BCUT2D eigenvalue weighted by atomic mass is 10.1. The first-order chi connectivity index (χ1) is 9.56. The van der Waals surface area contributed by atoms with Crippen molar-refractivity contribution in [3.8, 4) is 0 Å². The van der Waals surface area contributed by atoms with E-state index in [1.54, 1.807) is 0 Å². The van der Waals surface area contributed by atoms with Gasteiger partial charge in [-0.25, -0.2) is 0 Å². The second-order valence-electron chi connectivity index (χ2n) is 5.12. The number of aryl methyl sites for hydroxylation is 1. The average molecular weight is 334 g/mol. The molecule has 2 nitrogen and oxygen atoms in total. The van der Waals surface area contributed by atoms with Crippen LogP contribution >= 0.6 is 15.9 Å². The largest absolute Gasteiger partial charge is 0.388 e. The number of aliphatic hydroxyl groups excluding tert-OH is 1. The van der Waals surface area contributed by atoms with Crippen molar-refractivity contribution >= 4 is 21.6 Å². The van der Waals surface area contributed by atoms with Gasteiger partial charge in [0.2, 0.25) is 0 Å². The number of aliphatic hydroxyl groups is 1. The lowest BCUT2D eigenvalue weighted by molar-refractivity contribution is 0.170. The molecule has 20 heavy (non-hydrogen) atoms. The van der Waals surface area contributed by atoms with Crippen LogP contribution in [0.5, 0.6) is 0 Å². The minimum atomic E-state index is -0.430. The molecule has 0 heterocycles. The Hall–Kier alpha value is -1.32. The molecule has 0 fully saturated rings. The number of benzene rings is 2. The molecule has 0 bridgehead atoms. The monoisotopic (exact) mass is 333 g/mol. The van der Waals surface area contributed by atoms with E-state index in [-0.39, 0.29) is 0 Å². The molecule has 1 unspecified atom stereocenters. The first-order valence-electron chi connectivity index (χ1n) is 6.77. The number of hydrogen-bond donors (Lipinski definition) is 1. The first-order valence-corrected chi connectivity index (χ1v) is 7.57. The predicted molar refractivity (Wildman–Crippen MR) is 88.2 cm³/mol. The fraction of sp³-hybridized carbons (Fsp3) is 0.294. The van der Waals surface area contributed by atoms with Gasteiger partial charge in [-0.05, 0) is 43.2 Å². The van der Waals surface area contributed by atoms with Crippen molar-refractivity contribution in [3.63, 3.8) is 0 Å². The smallest absolute Gasteiger partial charge is 0.0807 e. The molecule has 0 aliphatic rings. The lowest BCUT2D eigenvalue weighted by Gasteiger charge is -2.21. The van der Waals surface area contributed by atoms with Gasteiger partial charge in [0.05, 0.1) is 6.10 Å². The fourth-order valence-corrected chi connectivity index (χ4v) is 2.54. The summed E-state index contributed by atoms with van der Waals surface area (Å²) in [7, 11) is 2.05. The van der Waals surface area contributed by atoms with Crippen molar-refractivity contribution in [2.24, 2.45) is 0 Å². The second kappa shape index (κ2) is 6.91. The molecule has 0 radical (unpaired) electrons. The number of rotatable bonds is 5. The molecule has 3 heteroatoms. The number of anilines is 1. The van der Waals surface area contributed by atoms with Crippen LogP contribution in [0.4, 0.5) is 5.69 Å². The van der Waals surface area contributed by atoms with Crippen LogP contribution in [-0.2, 0) is 0 Å². The van der Waals surface area contributed by atoms with Gasteiger partial charge in [0.1, 0.15) is 0 Å². The Kier molecular flexibility index (Phi) is 5.21. The van der Waals surface area contributed by atoms with Gasteiger partial charge < -0.3 is 10.0 Å². The Bertz CT molecular complexity index is 553. The van der Waals surface area contributed by atoms with Crippen molar-refractivity contribution in [1.29, 1.82) is 0 Å². The van der Waals surface area contributed by atoms with Crippen molar-refractivity contribution in [2.75, 3.05) is 18.5 Å². The summed E-state index contributed by atoms with van der Waals surface area (Å²) in [5, 5.41) is 10.2. The van der Waals surface area contributed by atoms with E-state index < -0.39 is 6.10 Å². The topological polar surface area (TPSA) is 23.5 Å². The Morgan fingerprint density at radius 2 is 1.85 bits per heavy atom. The van der Waals surface area contributed by atoms with Crippen molar-refractivity contribution < 1.29 is 5.11 Å². The SMILES string of the molecule is Cc1ccc(N(C)CCC(O)c2cccc(Br)c2)cc1. The highest BCUT2D eigenvalue weighted by Gasteiger charge is 2.09. The van der Waals surface area contributed by atoms with Gasteiger partial charge >= 0.3 is 0 Å². The van der Waals surface area contributed by atoms with Crippen LogP contribution in [-0.4, -0.2) is 18.7 Å². The number of hydrogen-bond acceptors (Lipinski definition) is 2. The molecule has 0 amide bonds. The van der Waals surface area contributed by atoms with Gasteiger partial charge in [-0.3, -0.25) is 0 Å². The van der Waals surface area contributed by atoms with E-state index in [4.69, 9.17) is 0 Å². The Morgan fingerprint density at radius 3 is 2.50 bits per heavy atom. The van der Waals surface area contributed by atoms with E-state index in [1.807, 2.05) is 24.3 Å². The molecule has 0 saturated heterocycles. The molecule has 0 aliphatic carbocycles. The maximum atomic E-state index is 10.2. The lowest BCUT2D eigenvalue weighted by Crippen LogP contribution is -2.20. The third-order valence-electron chi connectivity index (χ3n) is 3.45. The predicted octanol–water partition coefficient (Wildman–Crippen LogP) is 4.32. The molecular weight excluding hydrogens is 314 g/mol. The van der Waals surface area contributed by atoms with Gasteiger partial charge in [0, 0.05) is 23.8 Å². The first kappa shape index (κ1) is 15.1. The Morgan fingerprint density at radius 1 is 1.15 bits per heavy atom. The van der Waals surface area contributed by atoms with Crippen LogP contribution in [0.15, 0.2) is 53.0 Å². The number of halogens is 1. The molecule has 2 rings (SSSR count). The van der Waals surface area contributed by atoms with Gasteiger partial charge in [0.15, 0.2) is 0 Å². The normalized spacial score (nSPS) is 12.2. The fourth-order valence-electron chi connectivity index (χ4n) is 2.12. The molecule has 2 aromatic carbocycles. The third-order valence-corrected chi connectivity index (χ3v) is 3.94. The molecule has 0 aromatic heterocycles. The molecule has 1 N–H and O–H groups in total. The zero-order valence-corrected chi connectivity index (χ0v) is 13.5. The van der Waals surface area contributed by atoms with E-state index in [2.05, 4.69) is 59.1 Å². The molecular formula is C17H20BrNO. The Balaban J connectivity index is 1.93. The maximum Gasteiger partial charge on any atom is 0.0807 e. The molecule has 1 atom stereocenters. The van der Waals surface area contributed by atoms with Gasteiger partial charge in [-0.2, -0.15) is 0 Å². The van der Waals surface area contributed by atoms with E-state index >= 15 is 0 Å². The van der Waals surface area contributed by atoms with Crippen LogP contribution in [0.2, 0.25) is 0 Å². The highest BCUT2D eigenvalue weighted by atomic mass is 79.9. The summed E-state index contributed by atoms with van der Waals surface area (Å²) in [5.74, 6) is 0. The van der Waals surface area contributed by atoms with Crippen LogP contribution < -0.4 is 4.90 Å². The molecule has 106 valence electrons. The van der Waals surface area contributed by atoms with Crippen LogP contribution in [0.25, 0.3) is 0 Å². The van der Waals surface area contributed by atoms with Crippen molar-refractivity contribution in [3.05, 3.63) is 64.1 Å². The van der Waals surface area contributed by atoms with Gasteiger partial charge in [-0.1, -0.05) is 45.8 Å². The average Bonchev–Trinajstić information content (AvgIpc) is 2.45. The molecule has 0 saturated carbocycles. The minimum absolute atomic E-state index is 0.430. The highest BCUT2D eigenvalue weighted by Crippen LogP contribution is 2.22. The molecule has 0 aliphatic heterocycles. The van der Waals surface area contributed by atoms with Gasteiger partial charge in [0.25, 0.3) is 0 Å². The summed E-state index contributed by atoms with van der Waals surface area (Å²) in [6.07, 6.45) is 0.279. The van der Waals surface area contributed by atoms with Crippen LogP contribution in [0.1, 0.15) is 23.7 Å². The van der Waals surface area contributed by atoms with E-state index in [1.165, 1.54) is 11.3 Å². The summed E-state index contributed by atoms with van der Waals surface area (Å²) in [6.45, 7) is 2.90. The highest BCUT2D eigenvalue weighted by molar-refractivity contribution is 9.10. The van der Waals surface area contributed by atoms with Crippen molar-refractivity contribution in [2.45, 2.75) is 19.4 Å². The van der Waals surface area contributed by atoms with E-state index in [0.29, 0.717) is 6.42 Å². The van der Waals surface area contributed by atoms with E-state index in [9.17, 15) is 5.11 Å².